The van der Waals surface area contributed by atoms with E-state index in [-0.39, 0.29) is 22.8 Å². The summed E-state index contributed by atoms with van der Waals surface area (Å²) in [4.78, 5) is 3.74. The summed E-state index contributed by atoms with van der Waals surface area (Å²) in [6, 6.07) is 0.992. The molecule has 0 saturated heterocycles. The molecular weight excluding hydrogens is 313 g/mol. The molecule has 0 bridgehead atoms. The molecule has 1 atom stereocenters. The Kier molecular flexibility index (Phi) is 5.40. The first kappa shape index (κ1) is 15.2. The number of aliphatic hydroxyl groups excluding tert-OH is 1. The second kappa shape index (κ2) is 6.38. The van der Waals surface area contributed by atoms with E-state index >= 15 is 0 Å². The summed E-state index contributed by atoms with van der Waals surface area (Å²) < 4.78 is 38.6. The van der Waals surface area contributed by atoms with Crippen molar-refractivity contribution in [2.24, 2.45) is 5.92 Å². The van der Waals surface area contributed by atoms with Gasteiger partial charge in [-0.3, -0.25) is 0 Å². The third kappa shape index (κ3) is 4.45. The van der Waals surface area contributed by atoms with Gasteiger partial charge >= 0.3 is 6.18 Å². The van der Waals surface area contributed by atoms with Gasteiger partial charge in [0.25, 0.3) is 0 Å². The van der Waals surface area contributed by atoms with E-state index in [0.717, 1.165) is 6.07 Å². The van der Waals surface area contributed by atoms with Crippen molar-refractivity contribution in [3.8, 4) is 0 Å². The fourth-order valence-electron chi connectivity index (χ4n) is 1.39. The number of hydrogen-bond acceptors (Lipinski definition) is 3. The van der Waals surface area contributed by atoms with Crippen LogP contribution in [0, 0.1) is 5.92 Å². The van der Waals surface area contributed by atoms with Crippen LogP contribution in [0.4, 0.5) is 19.0 Å². The first-order valence-corrected chi connectivity index (χ1v) is 6.21. The first-order chi connectivity index (χ1) is 8.34. The van der Waals surface area contributed by atoms with Crippen LogP contribution in [0.3, 0.4) is 0 Å². The van der Waals surface area contributed by atoms with E-state index < -0.39 is 11.7 Å². The number of aliphatic hydroxyl groups is 1. The van der Waals surface area contributed by atoms with Gasteiger partial charge in [-0.25, -0.2) is 4.98 Å². The number of anilines is 1. The molecular formula is C11H14BrF3N2O. The first-order valence-electron chi connectivity index (χ1n) is 5.42. The average molecular weight is 327 g/mol. The zero-order valence-corrected chi connectivity index (χ0v) is 11.3. The molecule has 0 fully saturated rings. The van der Waals surface area contributed by atoms with Gasteiger partial charge in [0, 0.05) is 23.8 Å². The topological polar surface area (TPSA) is 45.1 Å². The second-order valence-electron chi connectivity index (χ2n) is 4.05. The summed E-state index contributed by atoms with van der Waals surface area (Å²) in [5, 5.41) is 11.4. The minimum Gasteiger partial charge on any atom is -0.396 e. The number of nitrogens with zero attached hydrogens (tertiary/aromatic N) is 1. The summed E-state index contributed by atoms with van der Waals surface area (Å²) in [6.45, 7) is 2.19. The fourth-order valence-corrected chi connectivity index (χ4v) is 1.72. The van der Waals surface area contributed by atoms with Crippen molar-refractivity contribution in [1.29, 1.82) is 0 Å². The Balaban J connectivity index is 2.82. The molecule has 0 amide bonds. The monoisotopic (exact) mass is 326 g/mol. The Bertz CT molecular complexity index is 398. The Morgan fingerprint density at radius 2 is 2.17 bits per heavy atom. The molecule has 0 aliphatic heterocycles. The number of rotatable bonds is 5. The highest BCUT2D eigenvalue weighted by molar-refractivity contribution is 9.10. The molecule has 1 rings (SSSR count). The number of aromatic nitrogens is 1. The van der Waals surface area contributed by atoms with Gasteiger partial charge in [-0.05, 0) is 34.3 Å². The highest BCUT2D eigenvalue weighted by Crippen LogP contribution is 2.35. The standard InChI is InChI=1S/C11H14BrF3N2O/c1-7(2-3-18)5-16-10-9(11(13,14)15)4-8(12)6-17-10/h4,6-7,18H,2-3,5H2,1H3,(H,16,17). The maximum absolute atomic E-state index is 12.8. The molecule has 2 N–H and O–H groups in total. The third-order valence-corrected chi connectivity index (χ3v) is 2.83. The lowest BCUT2D eigenvalue weighted by molar-refractivity contribution is -0.137. The van der Waals surface area contributed by atoms with Gasteiger partial charge in [0.05, 0.1) is 5.56 Å². The molecule has 0 saturated carbocycles. The van der Waals surface area contributed by atoms with Gasteiger partial charge < -0.3 is 10.4 Å². The van der Waals surface area contributed by atoms with Crippen LogP contribution >= 0.6 is 15.9 Å². The number of alkyl halides is 3. The van der Waals surface area contributed by atoms with E-state index in [1.54, 1.807) is 0 Å². The van der Waals surface area contributed by atoms with Crippen molar-refractivity contribution < 1.29 is 18.3 Å². The van der Waals surface area contributed by atoms with Crippen LogP contribution in [0.1, 0.15) is 18.9 Å². The normalized spacial score (nSPS) is 13.4. The molecule has 1 aromatic rings. The van der Waals surface area contributed by atoms with E-state index in [0.29, 0.717) is 13.0 Å². The van der Waals surface area contributed by atoms with Crippen LogP contribution in [-0.4, -0.2) is 23.2 Å². The number of hydrogen-bond donors (Lipinski definition) is 2. The highest BCUT2D eigenvalue weighted by Gasteiger charge is 2.34. The zero-order chi connectivity index (χ0) is 13.8. The van der Waals surface area contributed by atoms with Gasteiger partial charge in [-0.2, -0.15) is 13.2 Å². The summed E-state index contributed by atoms with van der Waals surface area (Å²) in [5.41, 5.74) is -0.798. The van der Waals surface area contributed by atoms with Crippen molar-refractivity contribution in [2.75, 3.05) is 18.5 Å². The second-order valence-corrected chi connectivity index (χ2v) is 4.96. The molecule has 0 spiro atoms. The van der Waals surface area contributed by atoms with Gasteiger partial charge in [0.1, 0.15) is 5.82 Å². The summed E-state index contributed by atoms with van der Waals surface area (Å²) in [6.07, 6.45) is -2.60. The Morgan fingerprint density at radius 1 is 1.50 bits per heavy atom. The SMILES string of the molecule is CC(CCO)CNc1ncc(Br)cc1C(F)(F)F. The molecule has 1 aromatic heterocycles. The van der Waals surface area contributed by atoms with Gasteiger partial charge in [0.2, 0.25) is 0 Å². The predicted octanol–water partition coefficient (Wildman–Crippen LogP) is 3.29. The Hall–Kier alpha value is -0.820. The lowest BCUT2D eigenvalue weighted by Gasteiger charge is -2.16. The van der Waals surface area contributed by atoms with Gasteiger partial charge in [0.15, 0.2) is 0 Å². The largest absolute Gasteiger partial charge is 0.419 e. The van der Waals surface area contributed by atoms with Gasteiger partial charge in [-0.15, -0.1) is 0 Å². The molecule has 1 unspecified atom stereocenters. The molecule has 0 aliphatic rings. The number of pyridine rings is 1. The van der Waals surface area contributed by atoms with Crippen LogP contribution in [-0.2, 0) is 6.18 Å². The quantitative estimate of drug-likeness (QED) is 0.872. The van der Waals surface area contributed by atoms with E-state index in [1.165, 1.54) is 6.20 Å². The van der Waals surface area contributed by atoms with Crippen LogP contribution in [0.2, 0.25) is 0 Å². The molecule has 3 nitrogen and oxygen atoms in total. The molecule has 0 aliphatic carbocycles. The number of nitrogens with one attached hydrogen (secondary N) is 1. The van der Waals surface area contributed by atoms with Crippen molar-refractivity contribution in [1.82, 2.24) is 4.98 Å². The molecule has 18 heavy (non-hydrogen) atoms. The van der Waals surface area contributed by atoms with Crippen LogP contribution in [0.15, 0.2) is 16.7 Å². The fraction of sp³-hybridized carbons (Fsp3) is 0.545. The Labute approximate surface area is 112 Å². The maximum atomic E-state index is 12.8. The van der Waals surface area contributed by atoms with Crippen LogP contribution < -0.4 is 5.32 Å². The van der Waals surface area contributed by atoms with Crippen molar-refractivity contribution in [2.45, 2.75) is 19.5 Å². The number of halogens is 4. The highest BCUT2D eigenvalue weighted by atomic mass is 79.9. The lowest BCUT2D eigenvalue weighted by atomic mass is 10.1. The van der Waals surface area contributed by atoms with Crippen LogP contribution in [0.5, 0.6) is 0 Å². The molecule has 7 heteroatoms. The minimum atomic E-state index is -4.45. The van der Waals surface area contributed by atoms with Crippen molar-refractivity contribution >= 4 is 21.7 Å². The smallest absolute Gasteiger partial charge is 0.396 e. The molecule has 0 aromatic carbocycles. The molecule has 0 radical (unpaired) electrons. The predicted molar refractivity (Wildman–Crippen MR) is 66.3 cm³/mol. The van der Waals surface area contributed by atoms with E-state index in [1.807, 2.05) is 6.92 Å². The third-order valence-electron chi connectivity index (χ3n) is 2.40. The van der Waals surface area contributed by atoms with Crippen molar-refractivity contribution in [3.63, 3.8) is 0 Å². The van der Waals surface area contributed by atoms with E-state index in [9.17, 15) is 13.2 Å². The Morgan fingerprint density at radius 3 is 2.72 bits per heavy atom. The maximum Gasteiger partial charge on any atom is 0.419 e. The average Bonchev–Trinajstić information content (AvgIpc) is 2.26. The van der Waals surface area contributed by atoms with E-state index in [4.69, 9.17) is 5.11 Å². The van der Waals surface area contributed by atoms with Gasteiger partial charge in [-0.1, -0.05) is 6.92 Å². The summed E-state index contributed by atoms with van der Waals surface area (Å²) in [5.74, 6) is -0.114. The van der Waals surface area contributed by atoms with Crippen molar-refractivity contribution in [3.05, 3.63) is 22.3 Å². The summed E-state index contributed by atoms with van der Waals surface area (Å²) in [7, 11) is 0. The molecule has 1 heterocycles. The zero-order valence-electron chi connectivity index (χ0n) is 9.76. The molecule has 102 valence electrons. The lowest BCUT2D eigenvalue weighted by Crippen LogP contribution is -2.17. The van der Waals surface area contributed by atoms with E-state index in [2.05, 4.69) is 26.2 Å². The van der Waals surface area contributed by atoms with Crippen LogP contribution in [0.25, 0.3) is 0 Å². The minimum absolute atomic E-state index is 0.0166. The summed E-state index contributed by atoms with van der Waals surface area (Å²) >= 11 is 2.97.